The summed E-state index contributed by atoms with van der Waals surface area (Å²) in [4.78, 5) is 40.4. The Labute approximate surface area is 187 Å². The van der Waals surface area contributed by atoms with Crippen molar-refractivity contribution in [1.29, 1.82) is 0 Å². The molecule has 1 aliphatic rings. The molecule has 5 rings (SSSR count). The molecule has 4 aromatic rings. The Balaban J connectivity index is 1.47. The van der Waals surface area contributed by atoms with Gasteiger partial charge in [0.15, 0.2) is 5.58 Å². The van der Waals surface area contributed by atoms with Gasteiger partial charge in [-0.05, 0) is 52.2 Å². The fourth-order valence-corrected chi connectivity index (χ4v) is 4.07. The molecular formula is C21H14BrFN4O5. The monoisotopic (exact) mass is 500 g/mol. The van der Waals surface area contributed by atoms with Crippen molar-refractivity contribution in [2.24, 2.45) is 0 Å². The van der Waals surface area contributed by atoms with Gasteiger partial charge in [-0.15, -0.1) is 0 Å². The lowest BCUT2D eigenvalue weighted by molar-refractivity contribution is -0.135. The summed E-state index contributed by atoms with van der Waals surface area (Å²) in [5.41, 5.74) is 1.64. The summed E-state index contributed by atoms with van der Waals surface area (Å²) in [5.74, 6) is -1.73. The highest BCUT2D eigenvalue weighted by atomic mass is 79.9. The van der Waals surface area contributed by atoms with Gasteiger partial charge in [-0.3, -0.25) is 19.5 Å². The number of benzene rings is 2. The van der Waals surface area contributed by atoms with E-state index in [1.54, 1.807) is 36.4 Å². The van der Waals surface area contributed by atoms with Crippen LogP contribution in [0.3, 0.4) is 0 Å². The van der Waals surface area contributed by atoms with Gasteiger partial charge >= 0.3 is 5.76 Å². The van der Waals surface area contributed by atoms with Crippen molar-refractivity contribution in [3.8, 4) is 11.4 Å². The number of oxazole rings is 1. The number of carbonyl (C=O) groups is 2. The van der Waals surface area contributed by atoms with Gasteiger partial charge in [0.05, 0.1) is 22.0 Å². The maximum Gasteiger partial charge on any atom is 0.420 e. The zero-order valence-corrected chi connectivity index (χ0v) is 17.9. The molecule has 2 amide bonds. The van der Waals surface area contributed by atoms with Crippen LogP contribution in [0.15, 0.2) is 54.6 Å². The Bertz CT molecular complexity index is 1440. The van der Waals surface area contributed by atoms with Crippen molar-refractivity contribution in [2.75, 3.05) is 0 Å². The van der Waals surface area contributed by atoms with Crippen LogP contribution in [0.4, 0.5) is 4.39 Å². The molecule has 1 unspecified atom stereocenters. The van der Waals surface area contributed by atoms with E-state index in [-0.39, 0.29) is 46.9 Å². The summed E-state index contributed by atoms with van der Waals surface area (Å²) < 4.78 is 26.4. The van der Waals surface area contributed by atoms with Crippen LogP contribution in [0.25, 0.3) is 22.5 Å². The van der Waals surface area contributed by atoms with Crippen molar-refractivity contribution in [3.63, 3.8) is 0 Å². The quantitative estimate of drug-likeness (QED) is 0.427. The van der Waals surface area contributed by atoms with Gasteiger partial charge in [-0.2, -0.15) is 4.98 Å². The Morgan fingerprint density at radius 3 is 2.88 bits per heavy atom. The van der Waals surface area contributed by atoms with Crippen LogP contribution in [0.5, 0.6) is 0 Å². The number of hydrogen-bond donors (Lipinski definition) is 1. The number of hydrogen-bond acceptors (Lipinski definition) is 7. The molecule has 1 atom stereocenters. The molecule has 1 fully saturated rings. The first-order valence-electron chi connectivity index (χ1n) is 9.65. The first-order chi connectivity index (χ1) is 15.4. The lowest BCUT2D eigenvalue weighted by Crippen LogP contribution is -2.43. The van der Waals surface area contributed by atoms with Crippen molar-refractivity contribution < 1.29 is 22.9 Å². The van der Waals surface area contributed by atoms with E-state index in [4.69, 9.17) is 8.94 Å². The average Bonchev–Trinajstić information content (AvgIpc) is 3.34. The van der Waals surface area contributed by atoms with E-state index in [9.17, 15) is 18.8 Å². The van der Waals surface area contributed by atoms with Crippen LogP contribution >= 0.6 is 15.9 Å². The molecular weight excluding hydrogens is 487 g/mol. The minimum absolute atomic E-state index is 0.114. The molecule has 0 aliphatic carbocycles. The number of piperidine rings is 1. The van der Waals surface area contributed by atoms with E-state index >= 15 is 0 Å². The molecule has 1 N–H and O–H groups in total. The third-order valence-corrected chi connectivity index (χ3v) is 5.83. The van der Waals surface area contributed by atoms with Crippen LogP contribution in [0.1, 0.15) is 30.3 Å². The molecule has 2 aromatic carbocycles. The van der Waals surface area contributed by atoms with E-state index in [2.05, 4.69) is 31.4 Å². The highest BCUT2D eigenvalue weighted by Gasteiger charge is 2.31. The first-order valence-corrected chi connectivity index (χ1v) is 10.4. The third kappa shape index (κ3) is 3.54. The van der Waals surface area contributed by atoms with Gasteiger partial charge in [0, 0.05) is 6.42 Å². The van der Waals surface area contributed by atoms with E-state index in [1.165, 1.54) is 4.57 Å². The Morgan fingerprint density at radius 2 is 2.06 bits per heavy atom. The number of nitrogens with zero attached hydrogens (tertiary/aromatic N) is 3. The second-order valence-corrected chi connectivity index (χ2v) is 8.15. The molecule has 2 aromatic heterocycles. The Hall–Kier alpha value is -3.60. The van der Waals surface area contributed by atoms with E-state index < -0.39 is 23.5 Å². The minimum atomic E-state index is -0.841. The van der Waals surface area contributed by atoms with Gasteiger partial charge in [0.25, 0.3) is 0 Å². The first kappa shape index (κ1) is 20.3. The highest BCUT2D eigenvalue weighted by Crippen LogP contribution is 2.27. The maximum atomic E-state index is 14.3. The van der Waals surface area contributed by atoms with Gasteiger partial charge in [0.1, 0.15) is 11.9 Å². The van der Waals surface area contributed by atoms with E-state index in [1.807, 2.05) is 0 Å². The lowest BCUT2D eigenvalue weighted by Gasteiger charge is -2.21. The van der Waals surface area contributed by atoms with Crippen LogP contribution in [-0.2, 0) is 16.0 Å². The summed E-state index contributed by atoms with van der Waals surface area (Å²) in [5, 5.41) is 6.10. The summed E-state index contributed by atoms with van der Waals surface area (Å²) >= 11 is 3.13. The standard InChI is InChI=1S/C21H14BrFN4O5/c22-12-3-1-2-11(18(12)23)19-25-17(32-26-19)9-10-4-6-15-14(8-10)27(21(30)31-15)13-5-7-16(28)24-20(13)29/h1-4,6,8,13H,5,7,9H2,(H,24,28,29). The van der Waals surface area contributed by atoms with Crippen molar-refractivity contribution in [3.05, 3.63) is 68.7 Å². The second-order valence-electron chi connectivity index (χ2n) is 7.30. The van der Waals surface area contributed by atoms with E-state index in [0.717, 1.165) is 0 Å². The molecule has 162 valence electrons. The van der Waals surface area contributed by atoms with Crippen molar-refractivity contribution in [2.45, 2.75) is 25.3 Å². The zero-order chi connectivity index (χ0) is 22.4. The molecule has 3 heterocycles. The molecule has 0 radical (unpaired) electrons. The summed E-state index contributed by atoms with van der Waals surface area (Å²) in [6, 6.07) is 8.97. The van der Waals surface area contributed by atoms with Gasteiger partial charge in [-0.25, -0.2) is 9.18 Å². The van der Waals surface area contributed by atoms with E-state index in [0.29, 0.717) is 16.7 Å². The van der Waals surface area contributed by atoms with Gasteiger partial charge in [-0.1, -0.05) is 17.3 Å². The lowest BCUT2D eigenvalue weighted by atomic mass is 10.1. The summed E-state index contributed by atoms with van der Waals surface area (Å²) in [6.07, 6.45) is 0.550. The molecule has 0 saturated carbocycles. The predicted molar refractivity (Wildman–Crippen MR) is 112 cm³/mol. The largest absolute Gasteiger partial charge is 0.420 e. The topological polar surface area (TPSA) is 120 Å². The Morgan fingerprint density at radius 1 is 1.22 bits per heavy atom. The number of fused-ring (bicyclic) bond motifs is 1. The SMILES string of the molecule is O=C1CCC(n2c(=O)oc3ccc(Cc4nc(-c5cccc(Br)c5F)no4)cc32)C(=O)N1. The number of aromatic nitrogens is 3. The number of amides is 2. The van der Waals surface area contributed by atoms with Crippen LogP contribution < -0.4 is 11.1 Å². The number of imide groups is 1. The number of carbonyl (C=O) groups excluding carboxylic acids is 2. The van der Waals surface area contributed by atoms with Crippen LogP contribution in [0.2, 0.25) is 0 Å². The van der Waals surface area contributed by atoms with Gasteiger partial charge < -0.3 is 8.94 Å². The minimum Gasteiger partial charge on any atom is -0.408 e. The molecule has 1 saturated heterocycles. The van der Waals surface area contributed by atoms with Crippen LogP contribution in [-0.4, -0.2) is 26.5 Å². The maximum absolute atomic E-state index is 14.3. The third-order valence-electron chi connectivity index (χ3n) is 5.21. The Kier molecular flexibility index (Phi) is 4.97. The fourth-order valence-electron chi connectivity index (χ4n) is 3.70. The molecule has 11 heteroatoms. The fraction of sp³-hybridized carbons (Fsp3) is 0.190. The molecule has 0 bridgehead atoms. The molecule has 1 aliphatic heterocycles. The molecule has 9 nitrogen and oxygen atoms in total. The number of nitrogens with one attached hydrogen (secondary N) is 1. The predicted octanol–water partition coefficient (Wildman–Crippen LogP) is 3.11. The van der Waals surface area contributed by atoms with Crippen molar-refractivity contribution in [1.82, 2.24) is 20.0 Å². The molecule has 0 spiro atoms. The summed E-state index contributed by atoms with van der Waals surface area (Å²) in [6.45, 7) is 0. The zero-order valence-electron chi connectivity index (χ0n) is 16.3. The highest BCUT2D eigenvalue weighted by molar-refractivity contribution is 9.10. The van der Waals surface area contributed by atoms with Crippen LogP contribution in [0, 0.1) is 5.82 Å². The van der Waals surface area contributed by atoms with Gasteiger partial charge in [0.2, 0.25) is 23.5 Å². The number of halogens is 2. The average molecular weight is 501 g/mol. The molecule has 32 heavy (non-hydrogen) atoms. The second kappa shape index (κ2) is 7.83. The summed E-state index contributed by atoms with van der Waals surface area (Å²) in [7, 11) is 0. The number of rotatable bonds is 4. The smallest absolute Gasteiger partial charge is 0.408 e. The van der Waals surface area contributed by atoms with Crippen molar-refractivity contribution >= 4 is 38.8 Å². The normalized spacial score (nSPS) is 16.5.